The molecule has 1 aromatic heterocycles. The first-order valence-corrected chi connectivity index (χ1v) is 10.4. The molecular weight excluding hydrogens is 431 g/mol. The molecule has 2 aromatic carbocycles. The van der Waals surface area contributed by atoms with Crippen LogP contribution in [0, 0.1) is 0 Å². The van der Waals surface area contributed by atoms with E-state index in [1.165, 1.54) is 6.07 Å². The fourth-order valence-corrected chi connectivity index (χ4v) is 4.40. The molecule has 0 saturated heterocycles. The van der Waals surface area contributed by atoms with Crippen LogP contribution in [0.3, 0.4) is 0 Å². The molecule has 0 spiro atoms. The maximum absolute atomic E-state index is 12.9. The van der Waals surface area contributed by atoms with Gasteiger partial charge in [-0.25, -0.2) is 8.42 Å². The Morgan fingerprint density at radius 2 is 1.63 bits per heavy atom. The van der Waals surface area contributed by atoms with Crippen LogP contribution in [-0.2, 0) is 19.9 Å². The summed E-state index contributed by atoms with van der Waals surface area (Å²) in [7, 11) is -10.3. The lowest BCUT2D eigenvalue weighted by molar-refractivity contribution is -0.0435. The van der Waals surface area contributed by atoms with Gasteiger partial charge in [0.15, 0.2) is 0 Å². The Labute approximate surface area is 156 Å². The van der Waals surface area contributed by atoms with Crippen LogP contribution >= 0.6 is 11.6 Å². The van der Waals surface area contributed by atoms with Gasteiger partial charge in [0.05, 0.1) is 5.69 Å². The van der Waals surface area contributed by atoms with E-state index in [0.29, 0.717) is 11.5 Å². The highest BCUT2D eigenvalue weighted by atomic mass is 35.5. The van der Waals surface area contributed by atoms with Gasteiger partial charge in [-0.2, -0.15) is 21.6 Å². The van der Waals surface area contributed by atoms with Gasteiger partial charge in [0.25, 0.3) is 19.9 Å². The van der Waals surface area contributed by atoms with E-state index in [2.05, 4.69) is 0 Å². The topological polar surface area (TPSA) is 93.5 Å². The molecule has 0 radical (unpaired) electrons. The van der Waals surface area contributed by atoms with Gasteiger partial charge < -0.3 is 4.42 Å². The van der Waals surface area contributed by atoms with Crippen LogP contribution in [0.1, 0.15) is 0 Å². The summed E-state index contributed by atoms with van der Waals surface area (Å²) in [6, 6.07) is 9.68. The lowest BCUT2D eigenvalue weighted by Gasteiger charge is -2.14. The monoisotopic (exact) mass is 439 g/mol. The maximum atomic E-state index is 12.9. The number of para-hydroxylation sites is 1. The van der Waals surface area contributed by atoms with E-state index < -0.39 is 41.0 Å². The third-order valence-electron chi connectivity index (χ3n) is 3.45. The molecule has 12 heteroatoms. The quantitative estimate of drug-likeness (QED) is 0.658. The molecule has 0 unspecified atom stereocenters. The minimum Gasteiger partial charge on any atom is -0.443 e. The average molecular weight is 440 g/mol. The number of alkyl halides is 3. The van der Waals surface area contributed by atoms with Crippen LogP contribution in [0.2, 0.25) is 5.02 Å². The molecule has 0 bridgehead atoms. The van der Waals surface area contributed by atoms with Crippen molar-refractivity contribution in [3.8, 4) is 0 Å². The van der Waals surface area contributed by atoms with Crippen molar-refractivity contribution >= 4 is 48.1 Å². The van der Waals surface area contributed by atoms with Crippen molar-refractivity contribution < 1.29 is 34.4 Å². The van der Waals surface area contributed by atoms with E-state index >= 15 is 0 Å². The van der Waals surface area contributed by atoms with E-state index in [9.17, 15) is 30.0 Å². The van der Waals surface area contributed by atoms with Crippen LogP contribution < -0.4 is 4.72 Å². The van der Waals surface area contributed by atoms with Crippen LogP contribution in [-0.4, -0.2) is 22.3 Å². The number of sulfone groups is 1. The van der Waals surface area contributed by atoms with Crippen molar-refractivity contribution in [1.82, 2.24) is 0 Å². The molecule has 0 saturated carbocycles. The standard InChI is InChI=1S/C15H9ClF3NO5S2/c16-10-5-6-13(26(21,22)15(17,18)19)11(8-10)20-27(23,24)14-7-9-3-1-2-4-12(9)25-14/h1-8,20H. The fraction of sp³-hybridized carbons (Fsp3) is 0.0667. The Kier molecular flexibility index (Phi) is 4.65. The van der Waals surface area contributed by atoms with Crippen LogP contribution in [0.5, 0.6) is 0 Å². The summed E-state index contributed by atoms with van der Waals surface area (Å²) in [5.41, 5.74) is -6.24. The number of fused-ring (bicyclic) bond motifs is 1. The minimum atomic E-state index is -5.82. The second-order valence-electron chi connectivity index (χ2n) is 5.30. The third kappa shape index (κ3) is 3.62. The zero-order chi connectivity index (χ0) is 20.0. The van der Waals surface area contributed by atoms with E-state index in [4.69, 9.17) is 16.0 Å². The van der Waals surface area contributed by atoms with Gasteiger partial charge in [-0.1, -0.05) is 29.8 Å². The number of sulfonamides is 1. The molecule has 144 valence electrons. The van der Waals surface area contributed by atoms with Crippen molar-refractivity contribution in [3.05, 3.63) is 53.6 Å². The Balaban J connectivity index is 2.11. The summed E-state index contributed by atoms with van der Waals surface area (Å²) in [5.74, 6) is 0. The van der Waals surface area contributed by atoms with Gasteiger partial charge in [0.2, 0.25) is 5.09 Å². The van der Waals surface area contributed by atoms with E-state index in [-0.39, 0.29) is 10.6 Å². The van der Waals surface area contributed by atoms with Crippen molar-refractivity contribution in [2.24, 2.45) is 0 Å². The summed E-state index contributed by atoms with van der Waals surface area (Å²) < 4.78 is 94.0. The highest BCUT2D eigenvalue weighted by Gasteiger charge is 2.48. The number of halogens is 4. The van der Waals surface area contributed by atoms with Crippen LogP contribution in [0.25, 0.3) is 11.0 Å². The number of furan rings is 1. The second kappa shape index (κ2) is 6.43. The van der Waals surface area contributed by atoms with Crippen LogP contribution in [0.4, 0.5) is 18.9 Å². The summed E-state index contributed by atoms with van der Waals surface area (Å²) >= 11 is 5.69. The first-order valence-electron chi connectivity index (χ1n) is 7.04. The van der Waals surface area contributed by atoms with Crippen molar-refractivity contribution in [2.45, 2.75) is 15.5 Å². The molecule has 0 aliphatic rings. The molecule has 0 amide bonds. The first-order chi connectivity index (χ1) is 12.4. The lowest BCUT2D eigenvalue weighted by atomic mass is 10.3. The van der Waals surface area contributed by atoms with Crippen molar-refractivity contribution in [1.29, 1.82) is 0 Å². The van der Waals surface area contributed by atoms with E-state index in [0.717, 1.165) is 18.2 Å². The van der Waals surface area contributed by atoms with Crippen molar-refractivity contribution in [3.63, 3.8) is 0 Å². The summed E-state index contributed by atoms with van der Waals surface area (Å²) in [5, 5.41) is -0.329. The Morgan fingerprint density at radius 3 is 2.26 bits per heavy atom. The molecule has 6 nitrogen and oxygen atoms in total. The third-order valence-corrected chi connectivity index (χ3v) is 6.45. The number of benzene rings is 2. The summed E-state index contributed by atoms with van der Waals surface area (Å²) in [4.78, 5) is -1.28. The normalized spacial score (nSPS) is 13.0. The number of hydrogen-bond acceptors (Lipinski definition) is 5. The van der Waals surface area contributed by atoms with Gasteiger partial charge in [-0.05, 0) is 24.3 Å². The maximum Gasteiger partial charge on any atom is 0.501 e. The van der Waals surface area contributed by atoms with Crippen LogP contribution in [0.15, 0.2) is 62.9 Å². The molecule has 3 aromatic rings. The summed E-state index contributed by atoms with van der Waals surface area (Å²) in [6.45, 7) is 0. The Hall–Kier alpha value is -2.24. The Morgan fingerprint density at radius 1 is 0.963 bits per heavy atom. The average Bonchev–Trinajstić information content (AvgIpc) is 2.98. The number of anilines is 1. The SMILES string of the molecule is O=S(=O)(Nc1cc(Cl)ccc1S(=O)(=O)C(F)(F)F)c1cc2ccccc2o1. The van der Waals surface area contributed by atoms with E-state index in [1.807, 2.05) is 0 Å². The van der Waals surface area contributed by atoms with Gasteiger partial charge >= 0.3 is 5.51 Å². The minimum absolute atomic E-state index is 0.168. The largest absolute Gasteiger partial charge is 0.501 e. The highest BCUT2D eigenvalue weighted by molar-refractivity contribution is 7.93. The first kappa shape index (κ1) is 19.5. The van der Waals surface area contributed by atoms with Gasteiger partial charge in [-0.3, -0.25) is 4.72 Å². The fourth-order valence-electron chi connectivity index (χ4n) is 2.23. The highest BCUT2D eigenvalue weighted by Crippen LogP contribution is 2.36. The predicted molar refractivity (Wildman–Crippen MR) is 91.7 cm³/mol. The van der Waals surface area contributed by atoms with Gasteiger partial charge in [0.1, 0.15) is 10.5 Å². The molecule has 0 aliphatic heterocycles. The summed E-state index contributed by atoms with van der Waals surface area (Å²) in [6.07, 6.45) is 0. The van der Waals surface area contributed by atoms with Crippen molar-refractivity contribution in [2.75, 3.05) is 4.72 Å². The number of nitrogens with one attached hydrogen (secondary N) is 1. The molecule has 27 heavy (non-hydrogen) atoms. The molecule has 0 atom stereocenters. The zero-order valence-corrected chi connectivity index (χ0v) is 15.4. The van der Waals surface area contributed by atoms with Gasteiger partial charge in [0, 0.05) is 16.5 Å². The lowest BCUT2D eigenvalue weighted by Crippen LogP contribution is -2.25. The molecule has 0 aliphatic carbocycles. The second-order valence-corrected chi connectivity index (χ2v) is 9.26. The predicted octanol–water partition coefficient (Wildman–Crippen LogP) is 4.18. The molecule has 3 rings (SSSR count). The smallest absolute Gasteiger partial charge is 0.443 e. The van der Waals surface area contributed by atoms with E-state index in [1.54, 1.807) is 22.9 Å². The van der Waals surface area contributed by atoms with Gasteiger partial charge in [-0.15, -0.1) is 0 Å². The Bertz CT molecular complexity index is 1200. The number of rotatable bonds is 4. The zero-order valence-electron chi connectivity index (χ0n) is 13.0. The molecule has 1 N–H and O–H groups in total. The molecular formula is C15H9ClF3NO5S2. The molecule has 0 fully saturated rings. The number of hydrogen-bond donors (Lipinski definition) is 1. The molecule has 1 heterocycles.